The highest BCUT2D eigenvalue weighted by molar-refractivity contribution is 5.83. The van der Waals surface area contributed by atoms with Gasteiger partial charge >= 0.3 is 0 Å². The molecule has 1 aromatic heterocycles. The van der Waals surface area contributed by atoms with E-state index in [0.29, 0.717) is 30.7 Å². The molecule has 2 aromatic carbocycles. The standard InChI is InChI=1S/C21H24N4O2/c1-21(2)13-27-12-15(24-21)11-25(16-6-4-3-5-7-16)17-8-9-19-18(10-17)20(26)23-14-22-19/h3-10,14-15,24H,11-13H2,1-2H3,(H,22,23,26)/i/hD. The fraction of sp³-hybridized carbons (Fsp3) is 0.333. The lowest BCUT2D eigenvalue weighted by Crippen LogP contribution is -2.58. The molecule has 2 N–H and O–H groups in total. The third-order valence-corrected chi connectivity index (χ3v) is 4.74. The van der Waals surface area contributed by atoms with Crippen LogP contribution in [-0.2, 0) is 4.74 Å². The van der Waals surface area contributed by atoms with E-state index in [-0.39, 0.29) is 17.1 Å². The molecule has 0 bridgehead atoms. The zero-order chi connectivity index (χ0) is 19.7. The van der Waals surface area contributed by atoms with Crippen LogP contribution in [0.15, 0.2) is 59.7 Å². The van der Waals surface area contributed by atoms with Gasteiger partial charge in [0.05, 0.1) is 30.4 Å². The molecule has 1 fully saturated rings. The maximum absolute atomic E-state index is 12.4. The third kappa shape index (κ3) is 3.86. The largest absolute Gasteiger partial charge is 0.378 e. The molecular formula is C21H24N4O2. The number of nitrogens with one attached hydrogen (secondary N) is 2. The van der Waals surface area contributed by atoms with Gasteiger partial charge in [0.15, 0.2) is 1.41 Å². The monoisotopic (exact) mass is 365 g/mol. The third-order valence-electron chi connectivity index (χ3n) is 4.74. The van der Waals surface area contributed by atoms with E-state index >= 15 is 0 Å². The quantitative estimate of drug-likeness (QED) is 0.744. The summed E-state index contributed by atoms with van der Waals surface area (Å²) in [5.74, 6) is 0. The maximum atomic E-state index is 12.4. The molecule has 3 aromatic rings. The normalized spacial score (nSPS) is 19.6. The first-order valence-electron chi connectivity index (χ1n) is 9.56. The first kappa shape index (κ1) is 16.5. The van der Waals surface area contributed by atoms with E-state index in [2.05, 4.69) is 29.0 Å². The lowest BCUT2D eigenvalue weighted by molar-refractivity contribution is 0.0157. The second-order valence-corrected chi connectivity index (χ2v) is 7.57. The number of anilines is 2. The molecular weight excluding hydrogens is 340 g/mol. The Labute approximate surface area is 159 Å². The Morgan fingerprint density at radius 2 is 2.07 bits per heavy atom. The molecule has 0 spiro atoms. The van der Waals surface area contributed by atoms with Crippen molar-refractivity contribution < 1.29 is 6.15 Å². The number of nitrogens with zero attached hydrogens (tertiary/aromatic N) is 2. The number of ether oxygens (including phenoxy) is 1. The van der Waals surface area contributed by atoms with Gasteiger partial charge in [0.25, 0.3) is 5.56 Å². The number of morpholine rings is 1. The van der Waals surface area contributed by atoms with Gasteiger partial charge < -0.3 is 19.9 Å². The van der Waals surface area contributed by atoms with Crippen molar-refractivity contribution in [3.8, 4) is 0 Å². The van der Waals surface area contributed by atoms with Crippen molar-refractivity contribution in [1.29, 1.82) is 0 Å². The molecule has 1 saturated heterocycles. The van der Waals surface area contributed by atoms with Crippen molar-refractivity contribution in [3.63, 3.8) is 0 Å². The number of H-pyrrole nitrogens is 1. The van der Waals surface area contributed by atoms with Crippen molar-refractivity contribution in [3.05, 3.63) is 65.2 Å². The molecule has 6 nitrogen and oxygen atoms in total. The highest BCUT2D eigenvalue weighted by atomic mass is 16.5. The minimum atomic E-state index is -0.375. The van der Waals surface area contributed by atoms with Gasteiger partial charge in [-0.25, -0.2) is 4.98 Å². The van der Waals surface area contributed by atoms with E-state index in [1.165, 1.54) is 6.33 Å². The van der Waals surface area contributed by atoms with Crippen LogP contribution in [0.2, 0.25) is 1.41 Å². The van der Waals surface area contributed by atoms with Gasteiger partial charge in [0.1, 0.15) is 0 Å². The molecule has 0 saturated carbocycles. The predicted octanol–water partition coefficient (Wildman–Crippen LogP) is 2.83. The highest BCUT2D eigenvalue weighted by Crippen LogP contribution is 2.28. The van der Waals surface area contributed by atoms with Crippen molar-refractivity contribution in [2.45, 2.75) is 25.4 Å². The van der Waals surface area contributed by atoms with Gasteiger partial charge in [-0.3, -0.25) is 4.79 Å². The summed E-state index contributed by atoms with van der Waals surface area (Å²) in [5, 5.41) is 4.08. The molecule has 0 aliphatic carbocycles. The van der Waals surface area contributed by atoms with E-state index in [0.717, 1.165) is 16.4 Å². The van der Waals surface area contributed by atoms with E-state index in [4.69, 9.17) is 6.15 Å². The number of rotatable bonds is 4. The van der Waals surface area contributed by atoms with E-state index < -0.39 is 0 Å². The number of fused-ring (bicyclic) bond motifs is 1. The van der Waals surface area contributed by atoms with E-state index in [1.807, 2.05) is 48.5 Å². The van der Waals surface area contributed by atoms with Gasteiger partial charge in [0, 0.05) is 29.5 Å². The van der Waals surface area contributed by atoms with Gasteiger partial charge in [-0.15, -0.1) is 0 Å². The summed E-state index contributed by atoms with van der Waals surface area (Å²) < 4.78 is 13.5. The Morgan fingerprint density at radius 1 is 1.26 bits per heavy atom. The molecule has 1 aliphatic rings. The molecule has 2 heterocycles. The fourth-order valence-electron chi connectivity index (χ4n) is 3.57. The molecule has 140 valence electrons. The van der Waals surface area contributed by atoms with Gasteiger partial charge in [0.2, 0.25) is 0 Å². The summed E-state index contributed by atoms with van der Waals surface area (Å²) in [6, 6.07) is 15.8. The van der Waals surface area contributed by atoms with Crippen LogP contribution in [0.3, 0.4) is 0 Å². The average Bonchev–Trinajstić information content (AvgIpc) is 2.69. The Hall–Kier alpha value is -2.70. The smallest absolute Gasteiger partial charge is 0.258 e. The predicted molar refractivity (Wildman–Crippen MR) is 108 cm³/mol. The van der Waals surface area contributed by atoms with Crippen LogP contribution in [-0.4, -0.2) is 41.3 Å². The van der Waals surface area contributed by atoms with Crippen LogP contribution >= 0.6 is 0 Å². The highest BCUT2D eigenvalue weighted by Gasteiger charge is 2.29. The van der Waals surface area contributed by atoms with E-state index in [9.17, 15) is 4.79 Å². The average molecular weight is 365 g/mol. The molecule has 6 heteroatoms. The second-order valence-electron chi connectivity index (χ2n) is 7.57. The SMILES string of the molecule is [2H]n1cnc2ccc(N(CC3COCC(C)(C)N3)c3ccccc3)cc2c1=O. The Balaban J connectivity index is 1.74. The number of aromatic amines is 1. The van der Waals surface area contributed by atoms with Gasteiger partial charge in [-0.05, 0) is 44.2 Å². The summed E-state index contributed by atoms with van der Waals surface area (Å²) in [6.45, 7) is 6.25. The molecule has 1 unspecified atom stereocenters. The zero-order valence-electron chi connectivity index (χ0n) is 16.6. The number of para-hydroxylation sites is 1. The Morgan fingerprint density at radius 3 is 2.85 bits per heavy atom. The Kier molecular flexibility index (Phi) is 4.35. The summed E-state index contributed by atoms with van der Waals surface area (Å²) in [7, 11) is 0. The molecule has 0 radical (unpaired) electrons. The fourth-order valence-corrected chi connectivity index (χ4v) is 3.57. The second kappa shape index (κ2) is 7.13. The Bertz CT molecular complexity index is 1040. The maximum Gasteiger partial charge on any atom is 0.258 e. The van der Waals surface area contributed by atoms with Gasteiger partial charge in [-0.2, -0.15) is 0 Å². The minimum Gasteiger partial charge on any atom is -0.378 e. The number of hydrogen-bond acceptors (Lipinski definition) is 5. The van der Waals surface area contributed by atoms with Crippen molar-refractivity contribution in [2.75, 3.05) is 24.7 Å². The number of benzene rings is 2. The van der Waals surface area contributed by atoms with Crippen LogP contribution in [0.25, 0.3) is 10.9 Å². The first-order valence-corrected chi connectivity index (χ1v) is 9.12. The van der Waals surface area contributed by atoms with Crippen LogP contribution in [0.5, 0.6) is 0 Å². The molecule has 1 aliphatic heterocycles. The zero-order valence-corrected chi connectivity index (χ0v) is 15.6. The lowest BCUT2D eigenvalue weighted by Gasteiger charge is -2.39. The first-order chi connectivity index (χ1) is 13.4. The molecule has 4 rings (SSSR count). The summed E-state index contributed by atoms with van der Waals surface area (Å²) >= 11 is 0. The molecule has 27 heavy (non-hydrogen) atoms. The minimum absolute atomic E-state index is 0.0858. The van der Waals surface area contributed by atoms with Crippen molar-refractivity contribution >= 4 is 22.3 Å². The van der Waals surface area contributed by atoms with Gasteiger partial charge in [-0.1, -0.05) is 18.2 Å². The van der Waals surface area contributed by atoms with Crippen LogP contribution in [0.4, 0.5) is 11.4 Å². The van der Waals surface area contributed by atoms with Crippen LogP contribution < -0.4 is 15.8 Å². The van der Waals surface area contributed by atoms with Crippen molar-refractivity contribution in [2.24, 2.45) is 0 Å². The molecule has 1 atom stereocenters. The summed E-state index contributed by atoms with van der Waals surface area (Å²) in [6.07, 6.45) is 1.23. The number of hydrogen-bond donors (Lipinski definition) is 2. The summed E-state index contributed by atoms with van der Waals surface area (Å²) in [4.78, 5) is 19.5. The van der Waals surface area contributed by atoms with Crippen LogP contribution in [0, 0.1) is 0 Å². The topological polar surface area (TPSA) is 70.2 Å². The summed E-state index contributed by atoms with van der Waals surface area (Å²) in [5.41, 5.74) is 2.04. The van der Waals surface area contributed by atoms with Crippen molar-refractivity contribution in [1.82, 2.24) is 15.3 Å². The molecule has 0 amide bonds. The van der Waals surface area contributed by atoms with E-state index in [1.54, 1.807) is 0 Å². The lowest BCUT2D eigenvalue weighted by atomic mass is 10.0. The number of aromatic nitrogens is 2. The van der Waals surface area contributed by atoms with Crippen LogP contribution in [0.1, 0.15) is 13.8 Å².